The Kier molecular flexibility index (Phi) is 7.94. The zero-order valence-corrected chi connectivity index (χ0v) is 21.5. The van der Waals surface area contributed by atoms with Crippen LogP contribution in [0.5, 0.6) is 0 Å². The van der Waals surface area contributed by atoms with Gasteiger partial charge in [-0.05, 0) is 61.6 Å². The number of aryl methyl sites for hydroxylation is 1. The van der Waals surface area contributed by atoms with E-state index in [0.29, 0.717) is 30.5 Å². The Morgan fingerprint density at radius 3 is 2.46 bits per heavy atom. The average molecular weight is 538 g/mol. The molecule has 1 aliphatic rings. The first-order valence-electron chi connectivity index (χ1n) is 12.3. The smallest absolute Gasteiger partial charge is 0.368 e. The third kappa shape index (κ3) is 6.15. The monoisotopic (exact) mass is 537 g/mol. The van der Waals surface area contributed by atoms with Gasteiger partial charge in [-0.1, -0.05) is 19.1 Å². The van der Waals surface area contributed by atoms with E-state index in [1.165, 1.54) is 12.1 Å². The van der Waals surface area contributed by atoms with E-state index in [0.717, 1.165) is 16.9 Å². The number of imidazole rings is 1. The second kappa shape index (κ2) is 10.8. The van der Waals surface area contributed by atoms with E-state index >= 15 is 0 Å². The number of nitrogens with one attached hydrogen (secondary N) is 1. The van der Waals surface area contributed by atoms with E-state index in [-0.39, 0.29) is 42.0 Å². The summed E-state index contributed by atoms with van der Waals surface area (Å²) in [5.41, 5.74) is 2.69. The van der Waals surface area contributed by atoms with Gasteiger partial charge >= 0.3 is 6.18 Å². The zero-order valence-electron chi connectivity index (χ0n) is 20.7. The van der Waals surface area contributed by atoms with Crippen LogP contribution in [-0.4, -0.2) is 48.5 Å². The number of benzene rings is 2. The molecule has 7 nitrogen and oxygen atoms in total. The maximum atomic E-state index is 12.9. The molecule has 0 radical (unpaired) electrons. The summed E-state index contributed by atoms with van der Waals surface area (Å²) in [5, 5.41) is 2.84. The number of hydrogen-bond acceptors (Lipinski definition) is 5. The van der Waals surface area contributed by atoms with Crippen molar-refractivity contribution >= 4 is 26.8 Å². The molecule has 1 fully saturated rings. The third-order valence-electron chi connectivity index (χ3n) is 6.73. The molecule has 2 aromatic carbocycles. The first-order valence-corrected chi connectivity index (χ1v) is 13.9. The molecule has 3 aromatic rings. The van der Waals surface area contributed by atoms with E-state index in [9.17, 15) is 26.4 Å². The number of ether oxygens (including phenoxy) is 1. The van der Waals surface area contributed by atoms with Crippen molar-refractivity contribution < 1.29 is 31.1 Å². The lowest BCUT2D eigenvalue weighted by molar-refractivity contribution is -0.235. The Bertz CT molecular complexity index is 1360. The second-order valence-electron chi connectivity index (χ2n) is 9.22. The summed E-state index contributed by atoms with van der Waals surface area (Å²) in [6, 6.07) is 11.7. The topological polar surface area (TPSA) is 90.3 Å². The van der Waals surface area contributed by atoms with Gasteiger partial charge in [0.1, 0.15) is 5.82 Å². The van der Waals surface area contributed by atoms with Crippen LogP contribution in [0.2, 0.25) is 0 Å². The number of sulfone groups is 1. The van der Waals surface area contributed by atoms with Crippen molar-refractivity contribution in [1.82, 2.24) is 14.9 Å². The minimum absolute atomic E-state index is 0.0219. The van der Waals surface area contributed by atoms with Crippen LogP contribution in [0.1, 0.15) is 48.4 Å². The largest absolute Gasteiger partial charge is 0.414 e. The molecule has 2 atom stereocenters. The molecule has 0 bridgehead atoms. The molecule has 2 heterocycles. The lowest BCUT2D eigenvalue weighted by Gasteiger charge is -2.30. The van der Waals surface area contributed by atoms with E-state index in [1.54, 1.807) is 31.2 Å². The number of carbonyl (C=O) groups excluding carboxylic acids is 1. The maximum Gasteiger partial charge on any atom is 0.414 e. The number of aromatic nitrogens is 2. The molecule has 1 aromatic heterocycles. The number of alkyl halides is 3. The van der Waals surface area contributed by atoms with Gasteiger partial charge in [-0.15, -0.1) is 0 Å². The van der Waals surface area contributed by atoms with E-state index in [1.807, 2.05) is 17.6 Å². The van der Waals surface area contributed by atoms with Crippen LogP contribution in [0.3, 0.4) is 0 Å². The summed E-state index contributed by atoms with van der Waals surface area (Å²) in [6.07, 6.45) is -5.18. The predicted octanol–water partition coefficient (Wildman–Crippen LogP) is 4.68. The zero-order chi connectivity index (χ0) is 26.8. The summed E-state index contributed by atoms with van der Waals surface area (Å²) in [4.78, 5) is 17.7. The minimum Gasteiger partial charge on any atom is -0.368 e. The molecule has 0 saturated carbocycles. The fourth-order valence-electron chi connectivity index (χ4n) is 4.58. The summed E-state index contributed by atoms with van der Waals surface area (Å²) in [6.45, 7) is 4.47. The maximum absolute atomic E-state index is 12.9. The van der Waals surface area contributed by atoms with E-state index in [4.69, 9.17) is 9.72 Å². The van der Waals surface area contributed by atoms with Gasteiger partial charge in [-0.2, -0.15) is 13.2 Å². The quantitative estimate of drug-likeness (QED) is 0.451. The van der Waals surface area contributed by atoms with Gasteiger partial charge in [0.15, 0.2) is 15.9 Å². The van der Waals surface area contributed by atoms with Crippen molar-refractivity contribution in [3.8, 4) is 0 Å². The number of carbonyl (C=O) groups is 1. The molecule has 37 heavy (non-hydrogen) atoms. The first kappa shape index (κ1) is 27.1. The second-order valence-corrected chi connectivity index (χ2v) is 11.5. The number of amides is 1. The Morgan fingerprint density at radius 1 is 1.14 bits per heavy atom. The Balaban J connectivity index is 1.42. The van der Waals surface area contributed by atoms with Crippen LogP contribution >= 0.6 is 0 Å². The van der Waals surface area contributed by atoms with Gasteiger partial charge < -0.3 is 14.6 Å². The van der Waals surface area contributed by atoms with Crippen molar-refractivity contribution in [3.05, 3.63) is 59.4 Å². The number of nitrogens with zero attached hydrogens (tertiary/aromatic N) is 2. The molecular weight excluding hydrogens is 507 g/mol. The van der Waals surface area contributed by atoms with Crippen molar-refractivity contribution in [2.24, 2.45) is 5.92 Å². The van der Waals surface area contributed by atoms with E-state index in [2.05, 4.69) is 5.32 Å². The molecule has 4 rings (SSSR count). The van der Waals surface area contributed by atoms with Crippen LogP contribution in [0.4, 0.5) is 13.2 Å². The lowest BCUT2D eigenvalue weighted by Crippen LogP contribution is -2.38. The predicted molar refractivity (Wildman–Crippen MR) is 133 cm³/mol. The van der Waals surface area contributed by atoms with E-state index < -0.39 is 22.1 Å². The third-order valence-corrected chi connectivity index (χ3v) is 8.48. The normalized spacial score (nSPS) is 18.7. The van der Waals surface area contributed by atoms with Gasteiger partial charge in [0.25, 0.3) is 5.91 Å². The summed E-state index contributed by atoms with van der Waals surface area (Å²) in [7, 11) is -3.28. The van der Waals surface area contributed by atoms with Crippen molar-refractivity contribution in [3.63, 3.8) is 0 Å². The van der Waals surface area contributed by atoms with Crippen molar-refractivity contribution in [2.45, 2.75) is 63.4 Å². The van der Waals surface area contributed by atoms with Gasteiger partial charge in [-0.25, -0.2) is 13.4 Å². The van der Waals surface area contributed by atoms with Crippen LogP contribution in [-0.2, 0) is 34.1 Å². The SMILES string of the molecule is CCn1c(C[C@@H]2CCC(C(F)(F)F)OC2)nc2cc(C(=O)NCc3ccc(S(=O)(=O)CC)cc3)ccc21. The highest BCUT2D eigenvalue weighted by atomic mass is 32.2. The fourth-order valence-corrected chi connectivity index (χ4v) is 5.46. The molecule has 1 unspecified atom stereocenters. The highest BCUT2D eigenvalue weighted by molar-refractivity contribution is 7.91. The van der Waals surface area contributed by atoms with Gasteiger partial charge in [0.2, 0.25) is 0 Å². The molecule has 0 aliphatic carbocycles. The highest BCUT2D eigenvalue weighted by Gasteiger charge is 2.43. The molecule has 200 valence electrons. The lowest BCUT2D eigenvalue weighted by atomic mass is 9.95. The van der Waals surface area contributed by atoms with Crippen LogP contribution < -0.4 is 5.32 Å². The molecule has 1 aliphatic heterocycles. The molecule has 1 N–H and O–H groups in total. The Labute approximate surface area is 213 Å². The van der Waals surface area contributed by atoms with Crippen molar-refractivity contribution in [2.75, 3.05) is 12.4 Å². The standard InChI is InChI=1S/C26H30F3N3O4S/c1-3-32-22-11-8-19(25(33)30-15-17-5-9-20(10-6-17)37(34,35)4-2)14-21(22)31-24(32)13-18-7-12-23(36-16-18)26(27,28)29/h5-6,8-11,14,18,23H,3-4,7,12-13,15-16H2,1-2H3,(H,30,33)/t18-,23?/m0/s1. The molecule has 0 spiro atoms. The first-order chi connectivity index (χ1) is 17.5. The minimum atomic E-state index is -4.34. The molecule has 11 heteroatoms. The van der Waals surface area contributed by atoms with Crippen LogP contribution in [0.15, 0.2) is 47.4 Å². The van der Waals surface area contributed by atoms with Crippen LogP contribution in [0, 0.1) is 5.92 Å². The number of hydrogen-bond donors (Lipinski definition) is 1. The van der Waals surface area contributed by atoms with Crippen molar-refractivity contribution in [1.29, 1.82) is 0 Å². The fraction of sp³-hybridized carbons (Fsp3) is 0.462. The van der Waals surface area contributed by atoms with Gasteiger partial charge in [-0.3, -0.25) is 4.79 Å². The van der Waals surface area contributed by atoms with Gasteiger partial charge in [0, 0.05) is 25.1 Å². The average Bonchev–Trinajstić information content (AvgIpc) is 3.23. The number of fused-ring (bicyclic) bond motifs is 1. The number of halogens is 3. The molecule has 1 saturated heterocycles. The number of rotatable bonds is 8. The summed E-state index contributed by atoms with van der Waals surface area (Å²) >= 11 is 0. The van der Waals surface area contributed by atoms with Gasteiger partial charge in [0.05, 0.1) is 28.3 Å². The van der Waals surface area contributed by atoms with Crippen LogP contribution in [0.25, 0.3) is 11.0 Å². The Hall–Kier alpha value is -2.92. The summed E-state index contributed by atoms with van der Waals surface area (Å²) in [5.74, 6) is 0.436. The highest BCUT2D eigenvalue weighted by Crippen LogP contribution is 2.33. The summed E-state index contributed by atoms with van der Waals surface area (Å²) < 4.78 is 69.6. The Morgan fingerprint density at radius 2 is 1.86 bits per heavy atom. The molecule has 1 amide bonds. The molecular formula is C26H30F3N3O4S.